The second-order valence-electron chi connectivity index (χ2n) is 5.51. The van der Waals surface area contributed by atoms with Gasteiger partial charge in [0.05, 0.1) is 6.61 Å². The van der Waals surface area contributed by atoms with E-state index in [9.17, 15) is 0 Å². The summed E-state index contributed by atoms with van der Waals surface area (Å²) in [5, 5.41) is 0. The van der Waals surface area contributed by atoms with Crippen molar-refractivity contribution in [2.75, 3.05) is 19.8 Å². The summed E-state index contributed by atoms with van der Waals surface area (Å²) in [5.74, 6) is 2.31. The maximum Gasteiger partial charge on any atom is 0.161 e. The lowest BCUT2D eigenvalue weighted by molar-refractivity contribution is 0.208. The van der Waals surface area contributed by atoms with Crippen LogP contribution in [-0.4, -0.2) is 19.8 Å². The Morgan fingerprint density at radius 1 is 0.792 bits per heavy atom. The van der Waals surface area contributed by atoms with Crippen LogP contribution in [0.4, 0.5) is 0 Å². The molecular formula is C20H27NO3. The highest BCUT2D eigenvalue weighted by molar-refractivity contribution is 5.43. The molecule has 0 fully saturated rings. The fourth-order valence-corrected chi connectivity index (χ4v) is 2.42. The second kappa shape index (κ2) is 9.83. The number of benzene rings is 2. The average molecular weight is 329 g/mol. The van der Waals surface area contributed by atoms with Gasteiger partial charge >= 0.3 is 0 Å². The molecule has 4 nitrogen and oxygen atoms in total. The Morgan fingerprint density at radius 2 is 1.50 bits per heavy atom. The van der Waals surface area contributed by atoms with Crippen LogP contribution in [0.25, 0.3) is 0 Å². The summed E-state index contributed by atoms with van der Waals surface area (Å²) >= 11 is 0. The monoisotopic (exact) mass is 329 g/mol. The molecule has 0 radical (unpaired) electrons. The van der Waals surface area contributed by atoms with Crippen LogP contribution >= 0.6 is 0 Å². The lowest BCUT2D eigenvalue weighted by Crippen LogP contribution is -2.10. The van der Waals surface area contributed by atoms with Crippen molar-refractivity contribution in [1.82, 2.24) is 0 Å². The second-order valence-corrected chi connectivity index (χ2v) is 5.51. The molecule has 0 aromatic heterocycles. The molecule has 130 valence electrons. The van der Waals surface area contributed by atoms with Gasteiger partial charge in [0.2, 0.25) is 0 Å². The smallest absolute Gasteiger partial charge is 0.161 e. The van der Waals surface area contributed by atoms with Gasteiger partial charge in [-0.2, -0.15) is 0 Å². The molecule has 2 aromatic carbocycles. The molecule has 0 saturated carbocycles. The minimum absolute atomic E-state index is 0.457. The van der Waals surface area contributed by atoms with Crippen LogP contribution in [0.2, 0.25) is 0 Å². The van der Waals surface area contributed by atoms with Crippen molar-refractivity contribution >= 4 is 0 Å². The Bertz CT molecular complexity index is 611. The highest BCUT2D eigenvalue weighted by atomic mass is 16.5. The van der Waals surface area contributed by atoms with Gasteiger partial charge in [-0.25, -0.2) is 0 Å². The first-order chi connectivity index (χ1) is 11.8. The molecule has 0 bridgehead atoms. The molecule has 2 aromatic rings. The average Bonchev–Trinajstić information content (AvgIpc) is 2.61. The van der Waals surface area contributed by atoms with Gasteiger partial charge in [-0.3, -0.25) is 0 Å². The molecule has 0 atom stereocenters. The zero-order valence-electron chi connectivity index (χ0n) is 14.6. The Morgan fingerprint density at radius 3 is 2.17 bits per heavy atom. The van der Waals surface area contributed by atoms with E-state index in [0.29, 0.717) is 26.4 Å². The molecule has 0 aliphatic carbocycles. The minimum Gasteiger partial charge on any atom is -0.490 e. The molecule has 2 rings (SSSR count). The molecule has 0 spiro atoms. The molecule has 24 heavy (non-hydrogen) atoms. The predicted molar refractivity (Wildman–Crippen MR) is 96.9 cm³/mol. The fraction of sp³-hybridized carbons (Fsp3) is 0.400. The van der Waals surface area contributed by atoms with Crippen LogP contribution in [0.3, 0.4) is 0 Å². The summed E-state index contributed by atoms with van der Waals surface area (Å²) in [6.45, 7) is 6.14. The van der Waals surface area contributed by atoms with Crippen molar-refractivity contribution in [2.45, 2.75) is 33.2 Å². The third-order valence-electron chi connectivity index (χ3n) is 3.62. The molecule has 0 heterocycles. The largest absolute Gasteiger partial charge is 0.490 e. The van der Waals surface area contributed by atoms with Crippen molar-refractivity contribution in [3.63, 3.8) is 0 Å². The lowest BCUT2D eigenvalue weighted by atomic mass is 10.1. The van der Waals surface area contributed by atoms with E-state index >= 15 is 0 Å². The van der Waals surface area contributed by atoms with Crippen LogP contribution in [0.1, 0.15) is 31.4 Å². The van der Waals surface area contributed by atoms with Crippen LogP contribution in [-0.2, 0) is 13.0 Å². The SMILES string of the molecule is CCCc1ccc(OCCOc2ccc(CN)cc2OCC)cc1. The Kier molecular flexibility index (Phi) is 7.43. The van der Waals surface area contributed by atoms with Gasteiger partial charge in [-0.15, -0.1) is 0 Å². The van der Waals surface area contributed by atoms with Crippen molar-refractivity contribution in [3.05, 3.63) is 53.6 Å². The van der Waals surface area contributed by atoms with Crippen molar-refractivity contribution < 1.29 is 14.2 Å². The normalized spacial score (nSPS) is 10.5. The van der Waals surface area contributed by atoms with Crippen LogP contribution in [0.5, 0.6) is 17.2 Å². The molecular weight excluding hydrogens is 302 g/mol. The lowest BCUT2D eigenvalue weighted by Gasteiger charge is -2.13. The zero-order valence-corrected chi connectivity index (χ0v) is 14.6. The number of rotatable bonds is 10. The van der Waals surface area contributed by atoms with Gasteiger partial charge < -0.3 is 19.9 Å². The summed E-state index contributed by atoms with van der Waals surface area (Å²) in [7, 11) is 0. The van der Waals surface area contributed by atoms with E-state index in [2.05, 4.69) is 19.1 Å². The first kappa shape index (κ1) is 18.1. The summed E-state index contributed by atoms with van der Waals surface area (Å²) in [6.07, 6.45) is 2.25. The topological polar surface area (TPSA) is 53.7 Å². The number of hydrogen-bond donors (Lipinski definition) is 1. The van der Waals surface area contributed by atoms with Gasteiger partial charge in [-0.05, 0) is 48.7 Å². The number of aryl methyl sites for hydroxylation is 1. The molecule has 0 unspecified atom stereocenters. The van der Waals surface area contributed by atoms with Crippen molar-refractivity contribution in [2.24, 2.45) is 5.73 Å². The summed E-state index contributed by atoms with van der Waals surface area (Å²) in [4.78, 5) is 0. The first-order valence-electron chi connectivity index (χ1n) is 8.57. The third kappa shape index (κ3) is 5.46. The predicted octanol–water partition coefficient (Wildman–Crippen LogP) is 3.95. The number of hydrogen-bond acceptors (Lipinski definition) is 4. The molecule has 0 amide bonds. The summed E-state index contributed by atoms with van der Waals surface area (Å²) in [5.41, 5.74) is 8.02. The zero-order chi connectivity index (χ0) is 17.2. The summed E-state index contributed by atoms with van der Waals surface area (Å²) < 4.78 is 17.1. The highest BCUT2D eigenvalue weighted by Crippen LogP contribution is 2.28. The first-order valence-corrected chi connectivity index (χ1v) is 8.57. The fourth-order valence-electron chi connectivity index (χ4n) is 2.42. The van der Waals surface area contributed by atoms with E-state index in [4.69, 9.17) is 19.9 Å². The van der Waals surface area contributed by atoms with E-state index in [1.807, 2.05) is 37.3 Å². The quantitative estimate of drug-likeness (QED) is 0.671. The molecule has 0 aliphatic rings. The Balaban J connectivity index is 1.83. The van der Waals surface area contributed by atoms with Gasteiger partial charge in [-0.1, -0.05) is 31.5 Å². The van der Waals surface area contributed by atoms with E-state index in [-0.39, 0.29) is 0 Å². The molecule has 4 heteroatoms. The van der Waals surface area contributed by atoms with E-state index in [1.165, 1.54) is 5.56 Å². The minimum atomic E-state index is 0.457. The van der Waals surface area contributed by atoms with Gasteiger partial charge in [0.15, 0.2) is 11.5 Å². The van der Waals surface area contributed by atoms with Gasteiger partial charge in [0, 0.05) is 6.54 Å². The van der Waals surface area contributed by atoms with E-state index in [1.54, 1.807) is 0 Å². The molecule has 0 saturated heterocycles. The number of nitrogens with two attached hydrogens (primary N) is 1. The standard InChI is InChI=1S/C20H27NO3/c1-3-5-16-6-9-18(10-7-16)23-12-13-24-19-11-8-17(15-21)14-20(19)22-4-2/h6-11,14H,3-5,12-13,15,21H2,1-2H3. The van der Waals surface area contributed by atoms with Crippen molar-refractivity contribution in [3.8, 4) is 17.2 Å². The van der Waals surface area contributed by atoms with E-state index in [0.717, 1.165) is 35.7 Å². The maximum absolute atomic E-state index is 5.78. The van der Waals surface area contributed by atoms with E-state index < -0.39 is 0 Å². The third-order valence-corrected chi connectivity index (χ3v) is 3.62. The van der Waals surface area contributed by atoms with Crippen LogP contribution < -0.4 is 19.9 Å². The van der Waals surface area contributed by atoms with Crippen molar-refractivity contribution in [1.29, 1.82) is 0 Å². The Labute approximate surface area is 144 Å². The maximum atomic E-state index is 5.78. The molecule has 2 N–H and O–H groups in total. The van der Waals surface area contributed by atoms with Crippen LogP contribution in [0, 0.1) is 0 Å². The highest BCUT2D eigenvalue weighted by Gasteiger charge is 2.06. The van der Waals surface area contributed by atoms with Gasteiger partial charge in [0.1, 0.15) is 19.0 Å². The van der Waals surface area contributed by atoms with Crippen LogP contribution in [0.15, 0.2) is 42.5 Å². The summed E-state index contributed by atoms with van der Waals surface area (Å²) in [6, 6.07) is 14.0. The number of ether oxygens (including phenoxy) is 3. The van der Waals surface area contributed by atoms with Gasteiger partial charge in [0.25, 0.3) is 0 Å². The molecule has 0 aliphatic heterocycles. The Hall–Kier alpha value is -2.20.